The van der Waals surface area contributed by atoms with E-state index in [0.29, 0.717) is 30.4 Å². The number of rotatable bonds is 6. The second kappa shape index (κ2) is 7.83. The predicted octanol–water partition coefficient (Wildman–Crippen LogP) is 4.53. The summed E-state index contributed by atoms with van der Waals surface area (Å²) < 4.78 is 24.0. The second-order valence-electron chi connectivity index (χ2n) is 4.60. The lowest BCUT2D eigenvalue weighted by molar-refractivity contribution is 0.102. The van der Waals surface area contributed by atoms with Crippen LogP contribution in [0.4, 0.5) is 10.1 Å². The number of halogens is 2. The molecule has 0 aromatic heterocycles. The highest BCUT2D eigenvalue weighted by molar-refractivity contribution is 6.34. The summed E-state index contributed by atoms with van der Waals surface area (Å²) in [4.78, 5) is 12.4. The van der Waals surface area contributed by atoms with Gasteiger partial charge in [-0.05, 0) is 44.2 Å². The summed E-state index contributed by atoms with van der Waals surface area (Å²) in [5.41, 5.74) is 0.639. The first-order valence-corrected chi connectivity index (χ1v) is 7.59. The Balaban J connectivity index is 2.29. The molecule has 4 nitrogen and oxygen atoms in total. The number of hydrogen-bond acceptors (Lipinski definition) is 3. The van der Waals surface area contributed by atoms with E-state index in [-0.39, 0.29) is 10.6 Å². The lowest BCUT2D eigenvalue weighted by Gasteiger charge is -2.14. The summed E-state index contributed by atoms with van der Waals surface area (Å²) in [5, 5.41) is 2.76. The van der Waals surface area contributed by atoms with Crippen LogP contribution in [0.3, 0.4) is 0 Å². The largest absolute Gasteiger partial charge is 0.494 e. The molecule has 0 aliphatic carbocycles. The molecule has 0 atom stereocenters. The van der Waals surface area contributed by atoms with Crippen LogP contribution in [0.15, 0.2) is 36.4 Å². The van der Waals surface area contributed by atoms with E-state index in [2.05, 4.69) is 5.32 Å². The van der Waals surface area contributed by atoms with Crippen molar-refractivity contribution < 1.29 is 18.7 Å². The average molecular weight is 338 g/mol. The maximum atomic E-state index is 13.1. The van der Waals surface area contributed by atoms with Gasteiger partial charge in [0.05, 0.1) is 29.5 Å². The van der Waals surface area contributed by atoms with Crippen LogP contribution in [-0.2, 0) is 0 Å². The molecule has 2 aromatic rings. The number of benzene rings is 2. The second-order valence-corrected chi connectivity index (χ2v) is 5.01. The number of amides is 1. The van der Waals surface area contributed by atoms with Crippen LogP contribution in [0.2, 0.25) is 5.02 Å². The molecule has 0 aliphatic rings. The third-order valence-corrected chi connectivity index (χ3v) is 3.30. The van der Waals surface area contributed by atoms with Crippen LogP contribution < -0.4 is 14.8 Å². The van der Waals surface area contributed by atoms with E-state index in [9.17, 15) is 9.18 Å². The molecule has 0 heterocycles. The average Bonchev–Trinajstić information content (AvgIpc) is 2.50. The molecule has 0 fully saturated rings. The molecule has 0 saturated carbocycles. The predicted molar refractivity (Wildman–Crippen MR) is 88.1 cm³/mol. The Hall–Kier alpha value is -2.27. The first-order valence-electron chi connectivity index (χ1n) is 7.21. The molecule has 0 unspecified atom stereocenters. The topological polar surface area (TPSA) is 47.6 Å². The van der Waals surface area contributed by atoms with Gasteiger partial charge in [-0.3, -0.25) is 4.79 Å². The van der Waals surface area contributed by atoms with Gasteiger partial charge in [0.1, 0.15) is 17.3 Å². The summed E-state index contributed by atoms with van der Waals surface area (Å²) in [6, 6.07) is 8.76. The highest BCUT2D eigenvalue weighted by Crippen LogP contribution is 2.30. The minimum atomic E-state index is -0.500. The summed E-state index contributed by atoms with van der Waals surface area (Å²) >= 11 is 5.92. The zero-order valence-corrected chi connectivity index (χ0v) is 13.6. The van der Waals surface area contributed by atoms with E-state index in [1.807, 2.05) is 13.8 Å². The van der Waals surface area contributed by atoms with Crippen molar-refractivity contribution in [1.82, 2.24) is 0 Å². The van der Waals surface area contributed by atoms with Gasteiger partial charge in [-0.15, -0.1) is 0 Å². The Kier molecular flexibility index (Phi) is 5.82. The molecule has 0 saturated heterocycles. The molecule has 2 rings (SSSR count). The van der Waals surface area contributed by atoms with E-state index in [0.717, 1.165) is 6.07 Å². The number of anilines is 1. The summed E-state index contributed by atoms with van der Waals surface area (Å²) in [6.07, 6.45) is 0. The maximum absolute atomic E-state index is 13.1. The van der Waals surface area contributed by atoms with Crippen molar-refractivity contribution in [2.75, 3.05) is 18.5 Å². The smallest absolute Gasteiger partial charge is 0.257 e. The minimum absolute atomic E-state index is 0.0430. The standard InChI is InChI=1S/C17H17ClFNO3/c1-3-22-12-6-8-16(23-4-2)15(10-12)20-17(21)13-7-5-11(19)9-14(13)18/h5-10H,3-4H2,1-2H3,(H,20,21). The van der Waals surface area contributed by atoms with Gasteiger partial charge in [-0.25, -0.2) is 4.39 Å². The monoisotopic (exact) mass is 337 g/mol. The molecular formula is C17H17ClFNO3. The Morgan fingerprint density at radius 2 is 1.87 bits per heavy atom. The molecule has 1 N–H and O–H groups in total. The van der Waals surface area contributed by atoms with E-state index in [1.54, 1.807) is 18.2 Å². The van der Waals surface area contributed by atoms with Gasteiger partial charge in [0.2, 0.25) is 0 Å². The summed E-state index contributed by atoms with van der Waals surface area (Å²) in [7, 11) is 0. The summed E-state index contributed by atoms with van der Waals surface area (Å²) in [5.74, 6) is 0.170. The van der Waals surface area contributed by atoms with Crippen molar-refractivity contribution in [1.29, 1.82) is 0 Å². The van der Waals surface area contributed by atoms with Crippen molar-refractivity contribution in [2.45, 2.75) is 13.8 Å². The normalized spacial score (nSPS) is 10.3. The molecule has 0 radical (unpaired) electrons. The Morgan fingerprint density at radius 1 is 1.13 bits per heavy atom. The fraction of sp³-hybridized carbons (Fsp3) is 0.235. The number of ether oxygens (including phenoxy) is 2. The van der Waals surface area contributed by atoms with Crippen molar-refractivity contribution >= 4 is 23.2 Å². The van der Waals surface area contributed by atoms with E-state index in [4.69, 9.17) is 21.1 Å². The quantitative estimate of drug-likeness (QED) is 0.842. The van der Waals surface area contributed by atoms with Gasteiger partial charge in [0.25, 0.3) is 5.91 Å². The van der Waals surface area contributed by atoms with Crippen LogP contribution in [0.1, 0.15) is 24.2 Å². The third kappa shape index (κ3) is 4.36. The van der Waals surface area contributed by atoms with Crippen molar-refractivity contribution in [3.8, 4) is 11.5 Å². The first-order chi connectivity index (χ1) is 11.0. The molecule has 0 bridgehead atoms. The Labute approximate surface area is 139 Å². The number of carbonyl (C=O) groups excluding carboxylic acids is 1. The van der Waals surface area contributed by atoms with Gasteiger partial charge in [0, 0.05) is 6.07 Å². The number of hydrogen-bond donors (Lipinski definition) is 1. The molecule has 122 valence electrons. The number of nitrogens with one attached hydrogen (secondary N) is 1. The van der Waals surface area contributed by atoms with Gasteiger partial charge in [0.15, 0.2) is 0 Å². The number of carbonyl (C=O) groups is 1. The van der Waals surface area contributed by atoms with Crippen LogP contribution in [0.25, 0.3) is 0 Å². The van der Waals surface area contributed by atoms with Gasteiger partial charge >= 0.3 is 0 Å². The molecule has 6 heteroatoms. The van der Waals surface area contributed by atoms with Gasteiger partial charge < -0.3 is 14.8 Å². The Morgan fingerprint density at radius 3 is 2.52 bits per heavy atom. The van der Waals surface area contributed by atoms with Crippen LogP contribution in [0, 0.1) is 5.82 Å². The zero-order valence-electron chi connectivity index (χ0n) is 12.9. The van der Waals surface area contributed by atoms with Gasteiger partial charge in [-0.1, -0.05) is 11.6 Å². The highest BCUT2D eigenvalue weighted by atomic mass is 35.5. The van der Waals surface area contributed by atoms with Crippen LogP contribution in [0.5, 0.6) is 11.5 Å². The highest BCUT2D eigenvalue weighted by Gasteiger charge is 2.14. The van der Waals surface area contributed by atoms with E-state index in [1.165, 1.54) is 12.1 Å². The van der Waals surface area contributed by atoms with E-state index < -0.39 is 11.7 Å². The maximum Gasteiger partial charge on any atom is 0.257 e. The fourth-order valence-corrected chi connectivity index (χ4v) is 2.26. The molecule has 1 amide bonds. The SMILES string of the molecule is CCOc1ccc(OCC)c(NC(=O)c2ccc(F)cc2Cl)c1. The minimum Gasteiger partial charge on any atom is -0.494 e. The lowest BCUT2D eigenvalue weighted by Crippen LogP contribution is -2.14. The molecule has 2 aromatic carbocycles. The van der Waals surface area contributed by atoms with Crippen LogP contribution >= 0.6 is 11.6 Å². The van der Waals surface area contributed by atoms with Crippen molar-refractivity contribution in [3.05, 3.63) is 52.8 Å². The van der Waals surface area contributed by atoms with Crippen LogP contribution in [-0.4, -0.2) is 19.1 Å². The fourth-order valence-electron chi connectivity index (χ4n) is 2.01. The molecule has 23 heavy (non-hydrogen) atoms. The molecule has 0 aliphatic heterocycles. The van der Waals surface area contributed by atoms with Crippen molar-refractivity contribution in [3.63, 3.8) is 0 Å². The van der Waals surface area contributed by atoms with Crippen molar-refractivity contribution in [2.24, 2.45) is 0 Å². The molecular weight excluding hydrogens is 321 g/mol. The lowest BCUT2D eigenvalue weighted by atomic mass is 10.2. The first kappa shape index (κ1) is 17.1. The molecule has 0 spiro atoms. The zero-order chi connectivity index (χ0) is 16.8. The summed E-state index contributed by atoms with van der Waals surface area (Å²) in [6.45, 7) is 4.67. The Bertz CT molecular complexity index is 706. The van der Waals surface area contributed by atoms with E-state index >= 15 is 0 Å². The third-order valence-electron chi connectivity index (χ3n) is 2.99. The van der Waals surface area contributed by atoms with Gasteiger partial charge in [-0.2, -0.15) is 0 Å².